The Morgan fingerprint density at radius 2 is 2.07 bits per heavy atom. The highest BCUT2D eigenvalue weighted by Crippen LogP contribution is 2.26. The summed E-state index contributed by atoms with van der Waals surface area (Å²) in [5.74, 6) is 0.128. The van der Waals surface area contributed by atoms with Gasteiger partial charge in [-0.05, 0) is 33.6 Å². The number of ketones is 1. The fraction of sp³-hybridized carbons (Fsp3) is 0.818. The molecule has 2 unspecified atom stereocenters. The van der Waals surface area contributed by atoms with Gasteiger partial charge in [0.15, 0.2) is 0 Å². The predicted molar refractivity (Wildman–Crippen MR) is 56.6 cm³/mol. The van der Waals surface area contributed by atoms with Crippen LogP contribution in [0.4, 0.5) is 4.79 Å². The first-order valence-corrected chi connectivity index (χ1v) is 5.50. The molecule has 2 atom stereocenters. The van der Waals surface area contributed by atoms with Crippen molar-refractivity contribution >= 4 is 11.9 Å². The van der Waals surface area contributed by atoms with E-state index in [2.05, 4.69) is 0 Å². The topological polar surface area (TPSA) is 46.6 Å². The molecule has 4 nitrogen and oxygen atoms in total. The van der Waals surface area contributed by atoms with Crippen molar-refractivity contribution in [2.24, 2.45) is 0 Å². The molecule has 0 aliphatic carbocycles. The molecule has 0 bridgehead atoms. The Morgan fingerprint density at radius 1 is 1.40 bits per heavy atom. The summed E-state index contributed by atoms with van der Waals surface area (Å²) in [5, 5.41) is 0. The Bertz CT molecular complexity index is 252. The maximum absolute atomic E-state index is 11.6. The summed E-state index contributed by atoms with van der Waals surface area (Å²) in [5.41, 5.74) is 0. The molecule has 15 heavy (non-hydrogen) atoms. The highest BCUT2D eigenvalue weighted by Gasteiger charge is 2.35. The monoisotopic (exact) mass is 213 g/mol. The minimum atomic E-state index is -0.284. The van der Waals surface area contributed by atoms with Crippen molar-refractivity contribution < 1.29 is 14.3 Å². The number of nitrogens with zero attached hydrogens (tertiary/aromatic N) is 1. The van der Waals surface area contributed by atoms with Crippen LogP contribution in [0.25, 0.3) is 0 Å². The molecule has 0 spiro atoms. The normalized spacial score (nSPS) is 25.4. The van der Waals surface area contributed by atoms with E-state index in [9.17, 15) is 9.59 Å². The van der Waals surface area contributed by atoms with E-state index >= 15 is 0 Å². The molecule has 1 amide bonds. The number of rotatable bonds is 3. The highest BCUT2D eigenvalue weighted by atomic mass is 16.6. The van der Waals surface area contributed by atoms with Crippen LogP contribution in [0.5, 0.6) is 0 Å². The number of hydrogen-bond acceptors (Lipinski definition) is 3. The lowest BCUT2D eigenvalue weighted by Crippen LogP contribution is -2.41. The van der Waals surface area contributed by atoms with Gasteiger partial charge in [-0.2, -0.15) is 0 Å². The number of likely N-dealkylation sites (tertiary alicyclic amines) is 1. The van der Waals surface area contributed by atoms with Crippen molar-refractivity contribution in [1.29, 1.82) is 0 Å². The summed E-state index contributed by atoms with van der Waals surface area (Å²) in [6.07, 6.45) is 2.02. The maximum atomic E-state index is 11.6. The van der Waals surface area contributed by atoms with E-state index in [4.69, 9.17) is 4.74 Å². The van der Waals surface area contributed by atoms with Gasteiger partial charge in [-0.3, -0.25) is 4.79 Å². The summed E-state index contributed by atoms with van der Waals surface area (Å²) in [6, 6.07) is 0.227. The molecule has 1 aliphatic rings. The Hall–Kier alpha value is -1.06. The fourth-order valence-corrected chi connectivity index (χ4v) is 2.13. The van der Waals surface area contributed by atoms with E-state index in [1.54, 1.807) is 18.7 Å². The zero-order chi connectivity index (χ0) is 11.4. The van der Waals surface area contributed by atoms with Crippen LogP contribution in [0, 0.1) is 0 Å². The second-order valence-corrected chi connectivity index (χ2v) is 4.09. The molecular weight excluding hydrogens is 194 g/mol. The molecule has 4 heteroatoms. The number of hydrogen-bond donors (Lipinski definition) is 0. The average Bonchev–Trinajstić information content (AvgIpc) is 2.46. The van der Waals surface area contributed by atoms with E-state index in [1.807, 2.05) is 6.92 Å². The van der Waals surface area contributed by atoms with Crippen molar-refractivity contribution in [3.05, 3.63) is 0 Å². The molecule has 1 heterocycles. The van der Waals surface area contributed by atoms with Crippen molar-refractivity contribution in [1.82, 2.24) is 4.90 Å². The van der Waals surface area contributed by atoms with E-state index < -0.39 is 0 Å². The van der Waals surface area contributed by atoms with Gasteiger partial charge in [0.1, 0.15) is 5.78 Å². The van der Waals surface area contributed by atoms with E-state index in [0.29, 0.717) is 13.0 Å². The van der Waals surface area contributed by atoms with Crippen molar-refractivity contribution in [3.63, 3.8) is 0 Å². The van der Waals surface area contributed by atoms with Gasteiger partial charge >= 0.3 is 6.09 Å². The Morgan fingerprint density at radius 3 is 2.60 bits per heavy atom. The summed E-state index contributed by atoms with van der Waals surface area (Å²) in [4.78, 5) is 24.4. The summed E-state index contributed by atoms with van der Waals surface area (Å²) < 4.78 is 4.98. The molecule has 0 aromatic heterocycles. The number of carbonyl (C=O) groups is 2. The van der Waals surface area contributed by atoms with Crippen LogP contribution in [0.1, 0.15) is 40.0 Å². The smallest absolute Gasteiger partial charge is 0.410 e. The molecule has 0 radical (unpaired) electrons. The second-order valence-electron chi connectivity index (χ2n) is 4.09. The van der Waals surface area contributed by atoms with Crippen LogP contribution in [-0.4, -0.2) is 35.5 Å². The number of carbonyl (C=O) groups excluding carboxylic acids is 2. The van der Waals surface area contributed by atoms with Gasteiger partial charge in [0.25, 0.3) is 0 Å². The van der Waals surface area contributed by atoms with E-state index in [1.165, 1.54) is 0 Å². The first-order chi connectivity index (χ1) is 7.06. The van der Waals surface area contributed by atoms with Crippen molar-refractivity contribution in [2.75, 3.05) is 6.61 Å². The largest absolute Gasteiger partial charge is 0.450 e. The first-order valence-electron chi connectivity index (χ1n) is 5.50. The highest BCUT2D eigenvalue weighted by molar-refractivity contribution is 5.77. The van der Waals surface area contributed by atoms with Crippen LogP contribution >= 0.6 is 0 Å². The van der Waals surface area contributed by atoms with Gasteiger partial charge < -0.3 is 9.64 Å². The van der Waals surface area contributed by atoms with Gasteiger partial charge in [0, 0.05) is 18.5 Å². The van der Waals surface area contributed by atoms with Gasteiger partial charge in [-0.1, -0.05) is 0 Å². The molecule has 1 saturated heterocycles. The lowest BCUT2D eigenvalue weighted by molar-refractivity contribution is -0.117. The standard InChI is InChI=1S/C11H19NO3/c1-4-15-11(14)12-8(2)5-6-10(12)7-9(3)13/h8,10H,4-7H2,1-3H3. The number of Topliss-reactive ketones (excluding diaryl/α,β-unsaturated/α-hetero) is 1. The molecule has 0 N–H and O–H groups in total. The van der Waals surface area contributed by atoms with Crippen LogP contribution < -0.4 is 0 Å². The van der Waals surface area contributed by atoms with Gasteiger partial charge in [0.2, 0.25) is 0 Å². The van der Waals surface area contributed by atoms with Crippen LogP contribution in [0.2, 0.25) is 0 Å². The van der Waals surface area contributed by atoms with Crippen LogP contribution in [0.15, 0.2) is 0 Å². The third-order valence-corrected chi connectivity index (χ3v) is 2.79. The minimum absolute atomic E-state index is 0.0385. The van der Waals surface area contributed by atoms with E-state index in [-0.39, 0.29) is 24.0 Å². The number of ether oxygens (including phenoxy) is 1. The predicted octanol–water partition coefficient (Wildman–Crippen LogP) is 1.97. The molecule has 0 saturated carbocycles. The SMILES string of the molecule is CCOC(=O)N1C(C)CCC1CC(C)=O. The zero-order valence-electron chi connectivity index (χ0n) is 9.66. The van der Waals surface area contributed by atoms with Crippen LogP contribution in [-0.2, 0) is 9.53 Å². The molecular formula is C11H19NO3. The van der Waals surface area contributed by atoms with Crippen LogP contribution in [0.3, 0.4) is 0 Å². The summed E-state index contributed by atoms with van der Waals surface area (Å²) >= 11 is 0. The Balaban J connectivity index is 2.63. The lowest BCUT2D eigenvalue weighted by atomic mass is 10.1. The van der Waals surface area contributed by atoms with Crippen molar-refractivity contribution in [2.45, 2.75) is 52.1 Å². The van der Waals surface area contributed by atoms with Gasteiger partial charge in [-0.15, -0.1) is 0 Å². The Labute approximate surface area is 90.6 Å². The van der Waals surface area contributed by atoms with Gasteiger partial charge in [-0.25, -0.2) is 4.79 Å². The molecule has 0 aromatic carbocycles. The summed E-state index contributed by atoms with van der Waals surface area (Å²) in [7, 11) is 0. The summed E-state index contributed by atoms with van der Waals surface area (Å²) in [6.45, 7) is 5.73. The fourth-order valence-electron chi connectivity index (χ4n) is 2.13. The third-order valence-electron chi connectivity index (χ3n) is 2.79. The average molecular weight is 213 g/mol. The zero-order valence-corrected chi connectivity index (χ0v) is 9.66. The number of amides is 1. The minimum Gasteiger partial charge on any atom is -0.450 e. The Kier molecular flexibility index (Phi) is 4.12. The van der Waals surface area contributed by atoms with Crippen molar-refractivity contribution in [3.8, 4) is 0 Å². The molecule has 86 valence electrons. The first kappa shape index (κ1) is 12.0. The molecule has 1 rings (SSSR count). The molecule has 1 aliphatic heterocycles. The molecule has 0 aromatic rings. The van der Waals surface area contributed by atoms with Gasteiger partial charge in [0.05, 0.1) is 6.61 Å². The molecule has 1 fully saturated rings. The second kappa shape index (κ2) is 5.14. The lowest BCUT2D eigenvalue weighted by Gasteiger charge is -2.26. The third kappa shape index (κ3) is 2.94. The quantitative estimate of drug-likeness (QED) is 0.720. The maximum Gasteiger partial charge on any atom is 0.410 e. The van der Waals surface area contributed by atoms with E-state index in [0.717, 1.165) is 12.8 Å².